The number of aromatic nitrogens is 5. The highest BCUT2D eigenvalue weighted by Gasteiger charge is 2.30. The van der Waals surface area contributed by atoms with Crippen molar-refractivity contribution in [2.45, 2.75) is 43.1 Å². The molecule has 4 rings (SSSR count). The molecule has 0 saturated heterocycles. The van der Waals surface area contributed by atoms with E-state index in [-0.39, 0.29) is 5.97 Å². The topological polar surface area (TPSA) is 74.3 Å². The van der Waals surface area contributed by atoms with Crippen molar-refractivity contribution in [1.82, 2.24) is 24.1 Å². The summed E-state index contributed by atoms with van der Waals surface area (Å²) in [5.41, 5.74) is 1.97. The fourth-order valence-corrected chi connectivity index (χ4v) is 3.78. The van der Waals surface area contributed by atoms with E-state index in [0.29, 0.717) is 22.9 Å². The molecule has 0 aliphatic heterocycles. The second-order valence-corrected chi connectivity index (χ2v) is 6.97. The third-order valence-corrected chi connectivity index (χ3v) is 5.29. The van der Waals surface area contributed by atoms with Gasteiger partial charge in [-0.05, 0) is 31.9 Å². The van der Waals surface area contributed by atoms with Crippen molar-refractivity contribution in [2.75, 3.05) is 7.11 Å². The van der Waals surface area contributed by atoms with E-state index in [2.05, 4.69) is 26.7 Å². The summed E-state index contributed by atoms with van der Waals surface area (Å²) in [7, 11) is 1.38. The number of thioether (sulfide) groups is 1. The van der Waals surface area contributed by atoms with Crippen LogP contribution < -0.4 is 0 Å². The predicted molar refractivity (Wildman–Crippen MR) is 93.8 cm³/mol. The quantitative estimate of drug-likeness (QED) is 0.499. The van der Waals surface area contributed by atoms with E-state index in [9.17, 15) is 4.79 Å². The molecule has 3 aromatic heterocycles. The second-order valence-electron chi connectivity index (χ2n) is 6.02. The second kappa shape index (κ2) is 6.51. The minimum absolute atomic E-state index is 0.379. The zero-order valence-corrected chi connectivity index (χ0v) is 15.0. The van der Waals surface area contributed by atoms with Gasteiger partial charge in [0.2, 0.25) is 0 Å². The van der Waals surface area contributed by atoms with Gasteiger partial charge >= 0.3 is 5.97 Å². The van der Waals surface area contributed by atoms with Gasteiger partial charge < -0.3 is 13.7 Å². The maximum atomic E-state index is 11.9. The Morgan fingerprint density at radius 2 is 2.24 bits per heavy atom. The van der Waals surface area contributed by atoms with E-state index in [1.54, 1.807) is 17.8 Å². The normalized spacial score (nSPS) is 14.2. The smallest absolute Gasteiger partial charge is 0.341 e. The number of imidazole rings is 1. The van der Waals surface area contributed by atoms with Crippen molar-refractivity contribution in [2.24, 2.45) is 0 Å². The third kappa shape index (κ3) is 3.02. The fourth-order valence-electron chi connectivity index (χ4n) is 2.89. The van der Waals surface area contributed by atoms with Crippen LogP contribution >= 0.6 is 11.8 Å². The molecule has 0 bridgehead atoms. The Morgan fingerprint density at radius 3 is 2.96 bits per heavy atom. The van der Waals surface area contributed by atoms with Crippen molar-refractivity contribution in [3.63, 3.8) is 0 Å². The van der Waals surface area contributed by atoms with Gasteiger partial charge in [0, 0.05) is 30.6 Å². The van der Waals surface area contributed by atoms with Crippen LogP contribution in [0.3, 0.4) is 0 Å². The van der Waals surface area contributed by atoms with Crippen LogP contribution in [0.25, 0.3) is 5.65 Å². The maximum absolute atomic E-state index is 11.9. The Hall–Kier alpha value is -2.35. The van der Waals surface area contributed by atoms with Crippen molar-refractivity contribution in [3.8, 4) is 0 Å². The van der Waals surface area contributed by atoms with Crippen molar-refractivity contribution in [1.29, 1.82) is 0 Å². The molecule has 25 heavy (non-hydrogen) atoms. The van der Waals surface area contributed by atoms with Gasteiger partial charge in [-0.15, -0.1) is 10.2 Å². The molecular weight excluding hydrogens is 338 g/mol. The van der Waals surface area contributed by atoms with Crippen LogP contribution in [0.2, 0.25) is 0 Å². The summed E-state index contributed by atoms with van der Waals surface area (Å²) < 4.78 is 8.87. The summed E-state index contributed by atoms with van der Waals surface area (Å²) >= 11 is 1.62. The van der Waals surface area contributed by atoms with Gasteiger partial charge in [0.05, 0.1) is 12.8 Å². The molecule has 0 unspecified atom stereocenters. The average molecular weight is 357 g/mol. The van der Waals surface area contributed by atoms with Crippen LogP contribution in [-0.2, 0) is 17.0 Å². The van der Waals surface area contributed by atoms with Gasteiger partial charge in [0.25, 0.3) is 0 Å². The van der Waals surface area contributed by atoms with Gasteiger partial charge in [-0.1, -0.05) is 11.8 Å². The third-order valence-electron chi connectivity index (χ3n) is 4.29. The fraction of sp³-hybridized carbons (Fsp3) is 0.412. The van der Waals surface area contributed by atoms with Crippen molar-refractivity contribution < 1.29 is 9.53 Å². The van der Waals surface area contributed by atoms with Gasteiger partial charge in [0.15, 0.2) is 10.8 Å². The Morgan fingerprint density at radius 1 is 1.40 bits per heavy atom. The number of carbonyl (C=O) groups is 1. The minimum atomic E-state index is -0.379. The summed E-state index contributed by atoms with van der Waals surface area (Å²) in [5.74, 6) is 1.98. The standard InChI is InChI=1S/C17H19N5O2S/c1-3-22-14(11-6-7-11)19-20-17(22)25-10-12-9-21-8-4-5-13(15(21)18-12)16(23)24-2/h4-5,8-9,11H,3,6-7,10H2,1-2H3. The highest BCUT2D eigenvalue weighted by molar-refractivity contribution is 7.98. The van der Waals surface area contributed by atoms with Crippen LogP contribution in [0.1, 0.15) is 47.6 Å². The SMILES string of the molecule is CCn1c(SCc2cn3cccc(C(=O)OC)c3n2)nnc1C1CC1. The van der Waals surface area contributed by atoms with E-state index in [4.69, 9.17) is 4.74 Å². The number of carbonyl (C=O) groups excluding carboxylic acids is 1. The molecule has 0 aromatic carbocycles. The number of hydrogen-bond donors (Lipinski definition) is 0. The molecule has 7 nitrogen and oxygen atoms in total. The van der Waals surface area contributed by atoms with E-state index in [1.807, 2.05) is 22.9 Å². The molecule has 0 amide bonds. The predicted octanol–water partition coefficient (Wildman–Crippen LogP) is 2.90. The molecular formula is C17H19N5O2S. The first-order valence-electron chi connectivity index (χ1n) is 8.32. The van der Waals surface area contributed by atoms with Gasteiger partial charge in [-0.2, -0.15) is 0 Å². The summed E-state index contributed by atoms with van der Waals surface area (Å²) in [6.45, 7) is 2.99. The van der Waals surface area contributed by atoms with Crippen molar-refractivity contribution >= 4 is 23.4 Å². The Kier molecular flexibility index (Phi) is 4.20. The first kappa shape index (κ1) is 16.1. The van der Waals surface area contributed by atoms with E-state index in [0.717, 1.165) is 23.2 Å². The highest BCUT2D eigenvalue weighted by Crippen LogP contribution is 2.40. The van der Waals surface area contributed by atoms with E-state index < -0.39 is 0 Å². The number of hydrogen-bond acceptors (Lipinski definition) is 6. The molecule has 3 aromatic rings. The lowest BCUT2D eigenvalue weighted by atomic mass is 10.3. The van der Waals surface area contributed by atoms with Crippen LogP contribution in [-0.4, -0.2) is 37.2 Å². The summed E-state index contributed by atoms with van der Waals surface area (Å²) in [4.78, 5) is 16.5. The average Bonchev–Trinajstić information content (AvgIpc) is 3.26. The highest BCUT2D eigenvalue weighted by atomic mass is 32.2. The van der Waals surface area contributed by atoms with Gasteiger partial charge in [-0.25, -0.2) is 9.78 Å². The minimum Gasteiger partial charge on any atom is -0.465 e. The molecule has 1 saturated carbocycles. The lowest BCUT2D eigenvalue weighted by Crippen LogP contribution is -2.03. The van der Waals surface area contributed by atoms with Crippen LogP contribution in [0.15, 0.2) is 29.7 Å². The number of nitrogens with zero attached hydrogens (tertiary/aromatic N) is 5. The monoisotopic (exact) mass is 357 g/mol. The molecule has 8 heteroatoms. The first-order chi connectivity index (χ1) is 12.2. The summed E-state index contributed by atoms with van der Waals surface area (Å²) in [6.07, 6.45) is 6.24. The number of esters is 1. The van der Waals surface area contributed by atoms with Crippen LogP contribution in [0, 0.1) is 0 Å². The Balaban J connectivity index is 1.56. The number of ether oxygens (including phenoxy) is 1. The largest absolute Gasteiger partial charge is 0.465 e. The lowest BCUT2D eigenvalue weighted by molar-refractivity contribution is 0.0602. The van der Waals surface area contributed by atoms with E-state index in [1.165, 1.54) is 20.0 Å². The number of pyridine rings is 1. The maximum Gasteiger partial charge on any atom is 0.341 e. The van der Waals surface area contributed by atoms with Crippen molar-refractivity contribution in [3.05, 3.63) is 41.6 Å². The first-order valence-corrected chi connectivity index (χ1v) is 9.30. The Labute approximate surface area is 149 Å². The summed E-state index contributed by atoms with van der Waals surface area (Å²) in [6, 6.07) is 3.54. The molecule has 130 valence electrons. The Bertz CT molecular complexity index is 928. The van der Waals surface area contributed by atoms with E-state index >= 15 is 0 Å². The lowest BCUT2D eigenvalue weighted by Gasteiger charge is -2.05. The zero-order chi connectivity index (χ0) is 17.4. The van der Waals surface area contributed by atoms with Gasteiger partial charge in [0.1, 0.15) is 11.4 Å². The molecule has 0 N–H and O–H groups in total. The van der Waals surface area contributed by atoms with Gasteiger partial charge in [-0.3, -0.25) is 0 Å². The number of rotatable bonds is 6. The molecule has 3 heterocycles. The zero-order valence-electron chi connectivity index (χ0n) is 14.2. The molecule has 1 aliphatic rings. The number of methoxy groups -OCH3 is 1. The molecule has 0 atom stereocenters. The molecule has 0 spiro atoms. The van der Waals surface area contributed by atoms with Crippen LogP contribution in [0.5, 0.6) is 0 Å². The molecule has 1 fully saturated rings. The molecule has 1 aliphatic carbocycles. The summed E-state index contributed by atoms with van der Waals surface area (Å²) in [5, 5.41) is 9.63. The molecule has 0 radical (unpaired) electrons. The number of fused-ring (bicyclic) bond motifs is 1. The van der Waals surface area contributed by atoms with Crippen LogP contribution in [0.4, 0.5) is 0 Å².